The molecule has 2 N–H and O–H groups in total. The standard InChI is InChI=1S/C21H23N3O3/c1-14(16-10-6-8-15-7-2-3-9-17(15)16)22-18(25)13-24-19(26)21(23-20(24)27)11-4-5-12-21/h2-3,6-10,14H,4-5,11-13H2,1H3,(H,22,25)(H,23,27). The van der Waals surface area contributed by atoms with Crippen LogP contribution < -0.4 is 10.6 Å². The van der Waals surface area contributed by atoms with Gasteiger partial charge in [0.2, 0.25) is 5.91 Å². The average Bonchev–Trinajstić information content (AvgIpc) is 3.22. The number of fused-ring (bicyclic) bond motifs is 1. The molecule has 0 bridgehead atoms. The van der Waals surface area contributed by atoms with Gasteiger partial charge >= 0.3 is 6.03 Å². The van der Waals surface area contributed by atoms with Crippen molar-refractivity contribution in [2.24, 2.45) is 0 Å². The molecule has 1 spiro atoms. The minimum atomic E-state index is -0.779. The number of hydrogen-bond donors (Lipinski definition) is 2. The number of carbonyl (C=O) groups is 3. The lowest BCUT2D eigenvalue weighted by Crippen LogP contribution is -2.45. The minimum Gasteiger partial charge on any atom is -0.348 e. The van der Waals surface area contributed by atoms with E-state index in [2.05, 4.69) is 10.6 Å². The summed E-state index contributed by atoms with van der Waals surface area (Å²) in [6.45, 7) is 1.66. The maximum Gasteiger partial charge on any atom is 0.325 e. The Hall–Kier alpha value is -2.89. The molecule has 0 aromatic heterocycles. The van der Waals surface area contributed by atoms with E-state index < -0.39 is 11.6 Å². The smallest absolute Gasteiger partial charge is 0.325 e. The van der Waals surface area contributed by atoms with E-state index in [-0.39, 0.29) is 24.4 Å². The molecule has 4 rings (SSSR count). The lowest BCUT2D eigenvalue weighted by atomic mass is 9.98. The van der Waals surface area contributed by atoms with Gasteiger partial charge in [0.25, 0.3) is 5.91 Å². The highest BCUT2D eigenvalue weighted by Crippen LogP contribution is 2.35. The van der Waals surface area contributed by atoms with Crippen LogP contribution in [0.1, 0.15) is 44.2 Å². The van der Waals surface area contributed by atoms with Gasteiger partial charge in [0.05, 0.1) is 6.04 Å². The molecule has 1 saturated carbocycles. The van der Waals surface area contributed by atoms with Crippen molar-refractivity contribution in [3.63, 3.8) is 0 Å². The molecule has 2 aromatic carbocycles. The fourth-order valence-corrected chi connectivity index (χ4v) is 4.27. The Bertz CT molecular complexity index is 913. The quantitative estimate of drug-likeness (QED) is 0.818. The number of imide groups is 1. The zero-order valence-electron chi connectivity index (χ0n) is 15.3. The first-order valence-electron chi connectivity index (χ1n) is 9.41. The summed E-state index contributed by atoms with van der Waals surface area (Å²) in [5, 5.41) is 7.91. The van der Waals surface area contributed by atoms with E-state index in [0.29, 0.717) is 12.8 Å². The van der Waals surface area contributed by atoms with Crippen molar-refractivity contribution in [3.05, 3.63) is 48.0 Å². The van der Waals surface area contributed by atoms with E-state index >= 15 is 0 Å². The Labute approximate surface area is 157 Å². The Morgan fingerprint density at radius 2 is 1.85 bits per heavy atom. The molecule has 2 aromatic rings. The van der Waals surface area contributed by atoms with Gasteiger partial charge in [-0.3, -0.25) is 14.5 Å². The van der Waals surface area contributed by atoms with Crippen molar-refractivity contribution in [3.8, 4) is 0 Å². The van der Waals surface area contributed by atoms with Gasteiger partial charge in [-0.25, -0.2) is 4.79 Å². The van der Waals surface area contributed by atoms with Crippen molar-refractivity contribution in [1.82, 2.24) is 15.5 Å². The highest BCUT2D eigenvalue weighted by atomic mass is 16.2. The monoisotopic (exact) mass is 365 g/mol. The molecular formula is C21H23N3O3. The third-order valence-electron chi connectivity index (χ3n) is 5.67. The van der Waals surface area contributed by atoms with Crippen molar-refractivity contribution in [2.75, 3.05) is 6.54 Å². The predicted octanol–water partition coefficient (Wildman–Crippen LogP) is 2.88. The Balaban J connectivity index is 1.46. The fraction of sp³-hybridized carbons (Fsp3) is 0.381. The number of nitrogens with one attached hydrogen (secondary N) is 2. The molecule has 27 heavy (non-hydrogen) atoms. The summed E-state index contributed by atoms with van der Waals surface area (Å²) in [5.41, 5.74) is 0.226. The summed E-state index contributed by atoms with van der Waals surface area (Å²) in [6.07, 6.45) is 3.15. The van der Waals surface area contributed by atoms with Crippen LogP contribution in [-0.4, -0.2) is 34.8 Å². The Morgan fingerprint density at radius 3 is 2.63 bits per heavy atom. The third-order valence-corrected chi connectivity index (χ3v) is 5.67. The number of benzene rings is 2. The van der Waals surface area contributed by atoms with E-state index in [1.165, 1.54) is 0 Å². The molecule has 6 nitrogen and oxygen atoms in total. The van der Waals surface area contributed by atoms with Crippen molar-refractivity contribution >= 4 is 28.6 Å². The van der Waals surface area contributed by atoms with E-state index in [1.54, 1.807) is 0 Å². The molecule has 1 aliphatic carbocycles. The molecule has 4 amide bonds. The van der Waals surface area contributed by atoms with Gasteiger partial charge in [0, 0.05) is 0 Å². The van der Waals surface area contributed by atoms with Crippen molar-refractivity contribution in [1.29, 1.82) is 0 Å². The van der Waals surface area contributed by atoms with Gasteiger partial charge in [0.1, 0.15) is 12.1 Å². The highest BCUT2D eigenvalue weighted by molar-refractivity contribution is 6.09. The van der Waals surface area contributed by atoms with Gasteiger partial charge in [-0.2, -0.15) is 0 Å². The molecule has 1 heterocycles. The number of carbonyl (C=O) groups excluding carboxylic acids is 3. The summed E-state index contributed by atoms with van der Waals surface area (Å²) < 4.78 is 0. The second-order valence-electron chi connectivity index (χ2n) is 7.47. The van der Waals surface area contributed by atoms with Crippen LogP contribution in [0.25, 0.3) is 10.8 Å². The number of urea groups is 1. The molecule has 140 valence electrons. The normalized spacial score (nSPS) is 19.5. The first kappa shape index (κ1) is 17.5. The van der Waals surface area contributed by atoms with Gasteiger partial charge < -0.3 is 10.6 Å². The zero-order valence-corrected chi connectivity index (χ0v) is 15.3. The molecule has 1 unspecified atom stereocenters. The molecule has 1 saturated heterocycles. The highest BCUT2D eigenvalue weighted by Gasteiger charge is 2.52. The summed E-state index contributed by atoms with van der Waals surface area (Å²) in [4.78, 5) is 38.5. The van der Waals surface area contributed by atoms with E-state index in [0.717, 1.165) is 34.1 Å². The maximum absolute atomic E-state index is 12.7. The molecular weight excluding hydrogens is 342 g/mol. The van der Waals surface area contributed by atoms with Crippen LogP contribution in [0.15, 0.2) is 42.5 Å². The van der Waals surface area contributed by atoms with Crippen LogP contribution in [0, 0.1) is 0 Å². The first-order valence-corrected chi connectivity index (χ1v) is 9.41. The number of amides is 4. The molecule has 1 aliphatic heterocycles. The third kappa shape index (κ3) is 3.05. The maximum atomic E-state index is 12.7. The summed E-state index contributed by atoms with van der Waals surface area (Å²) in [5.74, 6) is -0.605. The van der Waals surface area contributed by atoms with Crippen LogP contribution in [0.4, 0.5) is 4.79 Å². The lowest BCUT2D eigenvalue weighted by Gasteiger charge is -2.21. The second kappa shape index (κ2) is 6.68. The van der Waals surface area contributed by atoms with Gasteiger partial charge in [-0.05, 0) is 36.1 Å². The summed E-state index contributed by atoms with van der Waals surface area (Å²) >= 11 is 0. The van der Waals surface area contributed by atoms with Gasteiger partial charge in [-0.15, -0.1) is 0 Å². The molecule has 2 fully saturated rings. The van der Waals surface area contributed by atoms with Crippen LogP contribution >= 0.6 is 0 Å². The minimum absolute atomic E-state index is 0.232. The zero-order chi connectivity index (χ0) is 19.0. The summed E-state index contributed by atoms with van der Waals surface area (Å²) in [6, 6.07) is 13.3. The van der Waals surface area contributed by atoms with E-state index in [9.17, 15) is 14.4 Å². The fourth-order valence-electron chi connectivity index (χ4n) is 4.27. The van der Waals surface area contributed by atoms with Gasteiger partial charge in [0.15, 0.2) is 0 Å². The molecule has 0 radical (unpaired) electrons. The molecule has 1 atom stereocenters. The van der Waals surface area contributed by atoms with Crippen LogP contribution in [0.3, 0.4) is 0 Å². The number of rotatable bonds is 4. The lowest BCUT2D eigenvalue weighted by molar-refractivity contribution is -0.135. The molecule has 2 aliphatic rings. The van der Waals surface area contributed by atoms with E-state index in [1.807, 2.05) is 49.4 Å². The molecule has 6 heteroatoms. The number of hydrogen-bond acceptors (Lipinski definition) is 3. The van der Waals surface area contributed by atoms with Crippen molar-refractivity contribution in [2.45, 2.75) is 44.2 Å². The Morgan fingerprint density at radius 1 is 1.15 bits per heavy atom. The SMILES string of the molecule is CC(NC(=O)CN1C(=O)NC2(CCCC2)C1=O)c1cccc2ccccc12. The number of nitrogens with zero attached hydrogens (tertiary/aromatic N) is 1. The summed E-state index contributed by atoms with van der Waals surface area (Å²) in [7, 11) is 0. The first-order chi connectivity index (χ1) is 13.0. The largest absolute Gasteiger partial charge is 0.348 e. The average molecular weight is 365 g/mol. The van der Waals surface area contributed by atoms with Crippen LogP contribution in [0.2, 0.25) is 0 Å². The van der Waals surface area contributed by atoms with Crippen molar-refractivity contribution < 1.29 is 14.4 Å². The Kier molecular flexibility index (Phi) is 4.34. The van der Waals surface area contributed by atoms with E-state index in [4.69, 9.17) is 0 Å². The second-order valence-corrected chi connectivity index (χ2v) is 7.47. The predicted molar refractivity (Wildman–Crippen MR) is 102 cm³/mol. The van der Waals surface area contributed by atoms with Crippen LogP contribution in [0.5, 0.6) is 0 Å². The van der Waals surface area contributed by atoms with Gasteiger partial charge in [-0.1, -0.05) is 55.3 Å². The van der Waals surface area contributed by atoms with Crippen LogP contribution in [-0.2, 0) is 9.59 Å². The topological polar surface area (TPSA) is 78.5 Å².